The molecule has 2 fully saturated rings. The van der Waals surface area contributed by atoms with Gasteiger partial charge in [-0.3, -0.25) is 4.90 Å². The number of para-hydroxylation sites is 1. The first-order chi connectivity index (χ1) is 22.5. The van der Waals surface area contributed by atoms with Gasteiger partial charge >= 0.3 is 0 Å². The number of aromatic hydroxyl groups is 1. The van der Waals surface area contributed by atoms with Crippen molar-refractivity contribution in [3.05, 3.63) is 64.9 Å². The second-order valence-electron chi connectivity index (χ2n) is 15.3. The topological polar surface area (TPSA) is 85.9 Å². The first kappa shape index (κ1) is 32.1. The van der Waals surface area contributed by atoms with Crippen LogP contribution in [0.2, 0.25) is 0 Å². The smallest absolute Gasteiger partial charge is 0.141 e. The van der Waals surface area contributed by atoms with E-state index in [4.69, 9.17) is 10.7 Å². The number of aromatic nitrogens is 1. The molecule has 5 heterocycles. The van der Waals surface area contributed by atoms with Crippen molar-refractivity contribution in [1.82, 2.24) is 14.8 Å². The lowest BCUT2D eigenvalue weighted by Gasteiger charge is -2.65. The predicted molar refractivity (Wildman–Crippen MR) is 189 cm³/mol. The molecule has 1 spiro atoms. The van der Waals surface area contributed by atoms with Crippen LogP contribution in [0.25, 0.3) is 17.0 Å². The Morgan fingerprint density at radius 1 is 1.02 bits per heavy atom. The highest BCUT2D eigenvalue weighted by Crippen LogP contribution is 2.57. The van der Waals surface area contributed by atoms with Crippen LogP contribution in [-0.2, 0) is 12.8 Å². The third-order valence-electron chi connectivity index (χ3n) is 12.3. The molecule has 0 radical (unpaired) electrons. The zero-order chi connectivity index (χ0) is 31.7. The quantitative estimate of drug-likeness (QED) is 0.325. The summed E-state index contributed by atoms with van der Waals surface area (Å²) in [4.78, 5) is 10.8. The molecule has 6 nitrogen and oxygen atoms in total. The predicted octanol–water partition coefficient (Wildman–Crippen LogP) is 6.64. The number of hydrogen-bond donors (Lipinski definition) is 3. The standard InChI is InChI=1S/C40H56N4O2/c1-28-24-43-25-30-26-44-23-10-8-15-35-32(31(20-22-41)33-14-11-17-37(46)38(33)42-35)13-7-9-21-40(27-43)34(30)19-18-29(39(40)44)12-5-3-2-4-6-16-36(28)45/h2-3,7,11,13-14,17-18,28,30,34,36,39,45-46H,4-6,8-10,12,15-16,19-27,41H2,1H3/b3-2-,13-7-. The minimum absolute atomic E-state index is 0.221. The molecule has 5 aliphatic rings. The van der Waals surface area contributed by atoms with E-state index in [1.165, 1.54) is 43.5 Å². The van der Waals surface area contributed by atoms with Gasteiger partial charge in [0.2, 0.25) is 0 Å². The van der Waals surface area contributed by atoms with Crippen LogP contribution in [0.4, 0.5) is 0 Å². The molecule has 1 aromatic carbocycles. The molecule has 0 saturated carbocycles. The van der Waals surface area contributed by atoms with Crippen molar-refractivity contribution in [2.24, 2.45) is 28.9 Å². The molecule has 248 valence electrons. The van der Waals surface area contributed by atoms with Crippen LogP contribution in [-0.4, -0.2) is 76.4 Å². The fourth-order valence-electron chi connectivity index (χ4n) is 10.3. The fraction of sp³-hybridized carbons (Fsp3) is 0.625. The Morgan fingerprint density at radius 3 is 2.80 bits per heavy atom. The Kier molecular flexibility index (Phi) is 9.70. The van der Waals surface area contributed by atoms with Crippen molar-refractivity contribution in [3.8, 4) is 5.75 Å². The molecular formula is C40H56N4O2. The van der Waals surface area contributed by atoms with Crippen LogP contribution >= 0.6 is 0 Å². The summed E-state index contributed by atoms with van der Waals surface area (Å²) in [5.41, 5.74) is 12.4. The Labute approximate surface area is 276 Å². The minimum atomic E-state index is -0.221. The number of nitrogens with zero attached hydrogens (tertiary/aromatic N) is 3. The number of allylic oxidation sites excluding steroid dienone is 4. The molecule has 8 unspecified atom stereocenters. The molecule has 1 aromatic heterocycles. The molecule has 1 aliphatic carbocycles. The van der Waals surface area contributed by atoms with E-state index >= 15 is 0 Å². The van der Waals surface area contributed by atoms with Gasteiger partial charge in [0.25, 0.3) is 0 Å². The van der Waals surface area contributed by atoms with Crippen molar-refractivity contribution in [2.75, 3.05) is 39.3 Å². The zero-order valence-corrected chi connectivity index (χ0v) is 28.0. The second-order valence-corrected chi connectivity index (χ2v) is 15.3. The maximum atomic E-state index is 11.1. The van der Waals surface area contributed by atoms with E-state index < -0.39 is 0 Å². The van der Waals surface area contributed by atoms with Gasteiger partial charge in [0.1, 0.15) is 11.3 Å². The van der Waals surface area contributed by atoms with E-state index in [2.05, 4.69) is 53.2 Å². The van der Waals surface area contributed by atoms with Crippen LogP contribution in [0.5, 0.6) is 5.75 Å². The van der Waals surface area contributed by atoms with Crippen LogP contribution in [0, 0.1) is 23.2 Å². The largest absolute Gasteiger partial charge is 0.506 e. The van der Waals surface area contributed by atoms with Crippen molar-refractivity contribution in [3.63, 3.8) is 0 Å². The summed E-state index contributed by atoms with van der Waals surface area (Å²) in [6.07, 6.45) is 24.8. The van der Waals surface area contributed by atoms with Crippen LogP contribution < -0.4 is 5.73 Å². The lowest BCUT2D eigenvalue weighted by atomic mass is 9.52. The van der Waals surface area contributed by atoms with Crippen molar-refractivity contribution < 1.29 is 10.2 Å². The third-order valence-corrected chi connectivity index (χ3v) is 12.3. The summed E-state index contributed by atoms with van der Waals surface area (Å²) >= 11 is 0. The van der Waals surface area contributed by atoms with Crippen LogP contribution in [0.15, 0.2) is 48.1 Å². The van der Waals surface area contributed by atoms with E-state index in [0.717, 1.165) is 94.4 Å². The number of aliphatic hydroxyl groups excluding tert-OH is 1. The first-order valence-electron chi connectivity index (χ1n) is 18.5. The number of phenolic OH excluding ortho intramolecular Hbond substituents is 1. The number of pyridine rings is 1. The molecule has 6 heteroatoms. The maximum Gasteiger partial charge on any atom is 0.141 e. The Bertz CT molecular complexity index is 1480. The van der Waals surface area contributed by atoms with Gasteiger partial charge in [-0.15, -0.1) is 0 Å². The summed E-state index contributed by atoms with van der Waals surface area (Å²) in [5.74, 6) is 1.97. The lowest BCUT2D eigenvalue weighted by Crippen LogP contribution is -2.70. The first-order valence-corrected chi connectivity index (χ1v) is 18.5. The molecule has 46 heavy (non-hydrogen) atoms. The number of aliphatic hydroxyl groups is 1. The van der Waals surface area contributed by atoms with E-state index in [1.54, 1.807) is 11.6 Å². The molecule has 7 rings (SSSR count). The number of hydrogen-bond acceptors (Lipinski definition) is 6. The summed E-state index contributed by atoms with van der Waals surface area (Å²) in [7, 11) is 0. The van der Waals surface area contributed by atoms with Gasteiger partial charge in [0.05, 0.1) is 6.10 Å². The summed E-state index contributed by atoms with van der Waals surface area (Å²) in [6.45, 7) is 8.50. The van der Waals surface area contributed by atoms with Crippen molar-refractivity contribution >= 4 is 17.0 Å². The monoisotopic (exact) mass is 624 g/mol. The number of piperidine rings is 2. The average Bonchev–Trinajstić information content (AvgIpc) is 3.04. The van der Waals surface area contributed by atoms with Crippen molar-refractivity contribution in [2.45, 2.75) is 96.1 Å². The molecule has 4 N–H and O–H groups in total. The molecule has 7 bridgehead atoms. The van der Waals surface area contributed by atoms with E-state index in [-0.39, 0.29) is 17.3 Å². The van der Waals surface area contributed by atoms with E-state index in [9.17, 15) is 10.2 Å². The summed E-state index contributed by atoms with van der Waals surface area (Å²) < 4.78 is 0. The van der Waals surface area contributed by atoms with Crippen LogP contribution in [0.3, 0.4) is 0 Å². The molecule has 0 amide bonds. The van der Waals surface area contributed by atoms with Crippen LogP contribution in [0.1, 0.15) is 88.0 Å². The van der Waals surface area contributed by atoms with Gasteiger partial charge in [-0.1, -0.05) is 55.0 Å². The molecule has 2 aromatic rings. The summed E-state index contributed by atoms with van der Waals surface area (Å²) in [5, 5.41) is 22.9. The van der Waals surface area contributed by atoms with Gasteiger partial charge in [-0.05, 0) is 125 Å². The molecule has 8 atom stereocenters. The second kappa shape index (κ2) is 13.9. The maximum absolute atomic E-state index is 11.1. The SMILES string of the molecule is CC1CN2CC3CN4CCCCc5nc6c(O)cccc6c(CCN)c5/C=C\CCC5(C2)C3CC=C(CC/C=C\CCCC1O)C45. The molecule has 2 saturated heterocycles. The normalized spacial score (nSPS) is 36.7. The number of nitrogens with two attached hydrogens (primary N) is 1. The Balaban J connectivity index is 1.27. The minimum Gasteiger partial charge on any atom is -0.506 e. The van der Waals surface area contributed by atoms with Gasteiger partial charge in [-0.25, -0.2) is 4.98 Å². The number of benzene rings is 1. The fourth-order valence-corrected chi connectivity index (χ4v) is 10.3. The van der Waals surface area contributed by atoms with Gasteiger partial charge in [0, 0.05) is 48.7 Å². The number of phenols is 1. The molecule has 4 aliphatic heterocycles. The number of fused-ring (bicyclic) bond motifs is 3. The van der Waals surface area contributed by atoms with Gasteiger partial charge < -0.3 is 20.8 Å². The zero-order valence-electron chi connectivity index (χ0n) is 28.0. The summed E-state index contributed by atoms with van der Waals surface area (Å²) in [6, 6.07) is 6.28. The van der Waals surface area contributed by atoms with Gasteiger partial charge in [0.15, 0.2) is 0 Å². The van der Waals surface area contributed by atoms with Gasteiger partial charge in [-0.2, -0.15) is 0 Å². The highest BCUT2D eigenvalue weighted by Gasteiger charge is 2.59. The van der Waals surface area contributed by atoms with Crippen molar-refractivity contribution in [1.29, 1.82) is 0 Å². The highest BCUT2D eigenvalue weighted by molar-refractivity contribution is 5.90. The number of rotatable bonds is 2. The average molecular weight is 625 g/mol. The number of aryl methyl sites for hydroxylation is 1. The Morgan fingerprint density at radius 2 is 1.91 bits per heavy atom. The van der Waals surface area contributed by atoms with E-state index in [0.29, 0.717) is 29.9 Å². The molecular weight excluding hydrogens is 568 g/mol. The third kappa shape index (κ3) is 6.11. The Hall–Kier alpha value is -2.51. The highest BCUT2D eigenvalue weighted by atomic mass is 16.3. The van der Waals surface area contributed by atoms with E-state index in [1.807, 2.05) is 6.07 Å². The lowest BCUT2D eigenvalue weighted by molar-refractivity contribution is -0.133.